The average molecular weight is 351 g/mol. The number of benzene rings is 1. The van der Waals surface area contributed by atoms with Crippen LogP contribution in [0.5, 0.6) is 0 Å². The van der Waals surface area contributed by atoms with Crippen LogP contribution < -0.4 is 4.72 Å². The molecule has 0 atom stereocenters. The van der Waals surface area contributed by atoms with Crippen LogP contribution in [-0.4, -0.2) is 46.4 Å². The van der Waals surface area contributed by atoms with Gasteiger partial charge in [-0.3, -0.25) is 0 Å². The van der Waals surface area contributed by atoms with E-state index in [1.807, 2.05) is 6.92 Å². The number of sulfonamides is 1. The van der Waals surface area contributed by atoms with Gasteiger partial charge < -0.3 is 5.11 Å². The Bertz CT molecular complexity index is 783. The molecule has 0 amide bonds. The molecule has 0 aliphatic heterocycles. The van der Waals surface area contributed by atoms with Crippen LogP contribution in [0.1, 0.15) is 31.2 Å². The number of aromatic nitrogens is 4. The first kappa shape index (κ1) is 17.0. The van der Waals surface area contributed by atoms with Crippen molar-refractivity contribution in [2.45, 2.75) is 43.5 Å². The van der Waals surface area contributed by atoms with Crippen LogP contribution in [0.4, 0.5) is 0 Å². The van der Waals surface area contributed by atoms with Gasteiger partial charge >= 0.3 is 0 Å². The van der Waals surface area contributed by atoms with Gasteiger partial charge in [0.1, 0.15) is 6.33 Å². The lowest BCUT2D eigenvalue weighted by Crippen LogP contribution is -2.38. The minimum absolute atomic E-state index is 0.0719. The summed E-state index contributed by atoms with van der Waals surface area (Å²) in [5, 5.41) is 20.2. The standard InChI is InChI=1S/C15H21N5O3S/c1-11-8-14(6-7-15(11)20-10-16-18-19-20)24(22,23)17-13-4-2-12(9-21)3-5-13/h6-8,10,12-13,17,21H,2-5,9H2,1H3. The van der Waals surface area contributed by atoms with Crippen LogP contribution in [-0.2, 0) is 10.0 Å². The van der Waals surface area contributed by atoms with Gasteiger partial charge in [-0.15, -0.1) is 5.10 Å². The molecule has 1 aromatic heterocycles. The van der Waals surface area contributed by atoms with E-state index < -0.39 is 10.0 Å². The van der Waals surface area contributed by atoms with Crippen LogP contribution >= 0.6 is 0 Å². The maximum Gasteiger partial charge on any atom is 0.240 e. The van der Waals surface area contributed by atoms with Crippen molar-refractivity contribution in [3.63, 3.8) is 0 Å². The highest BCUT2D eigenvalue weighted by Crippen LogP contribution is 2.25. The number of aryl methyl sites for hydroxylation is 1. The normalized spacial score (nSPS) is 21.8. The van der Waals surface area contributed by atoms with Gasteiger partial charge in [-0.25, -0.2) is 17.8 Å². The highest BCUT2D eigenvalue weighted by atomic mass is 32.2. The lowest BCUT2D eigenvalue weighted by atomic mass is 9.87. The predicted octanol–water partition coefficient (Wildman–Crippen LogP) is 0.800. The van der Waals surface area contributed by atoms with E-state index in [-0.39, 0.29) is 17.5 Å². The van der Waals surface area contributed by atoms with E-state index in [1.165, 1.54) is 11.0 Å². The molecule has 3 rings (SSSR count). The Morgan fingerprint density at radius 3 is 2.62 bits per heavy atom. The Morgan fingerprint density at radius 1 is 1.29 bits per heavy atom. The number of aliphatic hydroxyl groups excluding tert-OH is 1. The highest BCUT2D eigenvalue weighted by Gasteiger charge is 2.25. The zero-order chi connectivity index (χ0) is 17.2. The van der Waals surface area contributed by atoms with Crippen LogP contribution in [0.3, 0.4) is 0 Å². The van der Waals surface area contributed by atoms with E-state index in [4.69, 9.17) is 5.11 Å². The quantitative estimate of drug-likeness (QED) is 0.824. The van der Waals surface area contributed by atoms with Gasteiger partial charge in [-0.1, -0.05) is 0 Å². The van der Waals surface area contributed by atoms with Gasteiger partial charge in [0.25, 0.3) is 0 Å². The Labute approximate surface area is 140 Å². The summed E-state index contributed by atoms with van der Waals surface area (Å²) in [6.45, 7) is 2.00. The third kappa shape index (κ3) is 3.63. The maximum absolute atomic E-state index is 12.6. The van der Waals surface area contributed by atoms with Crippen LogP contribution in [0.2, 0.25) is 0 Å². The number of aliphatic hydroxyl groups is 1. The predicted molar refractivity (Wildman–Crippen MR) is 87.0 cm³/mol. The minimum atomic E-state index is -3.57. The number of nitrogens with one attached hydrogen (secondary N) is 1. The monoisotopic (exact) mass is 351 g/mol. The van der Waals surface area contributed by atoms with Crippen LogP contribution in [0, 0.1) is 12.8 Å². The zero-order valence-corrected chi connectivity index (χ0v) is 14.3. The van der Waals surface area contributed by atoms with Crippen molar-refractivity contribution in [3.8, 4) is 5.69 Å². The highest BCUT2D eigenvalue weighted by molar-refractivity contribution is 7.89. The number of rotatable bonds is 5. The summed E-state index contributed by atoms with van der Waals surface area (Å²) >= 11 is 0. The molecule has 8 nitrogen and oxygen atoms in total. The topological polar surface area (TPSA) is 110 Å². The molecular formula is C15H21N5O3S. The number of tetrazole rings is 1. The first-order valence-corrected chi connectivity index (χ1v) is 9.45. The number of hydrogen-bond acceptors (Lipinski definition) is 6. The molecule has 2 N–H and O–H groups in total. The fourth-order valence-electron chi connectivity index (χ4n) is 3.07. The van der Waals surface area contributed by atoms with E-state index in [9.17, 15) is 8.42 Å². The van der Waals surface area contributed by atoms with E-state index in [2.05, 4.69) is 20.2 Å². The minimum Gasteiger partial charge on any atom is -0.396 e. The molecule has 1 heterocycles. The maximum atomic E-state index is 12.6. The molecule has 9 heteroatoms. The molecule has 1 aliphatic carbocycles. The van der Waals surface area contributed by atoms with E-state index in [1.54, 1.807) is 18.2 Å². The van der Waals surface area contributed by atoms with Crippen molar-refractivity contribution in [1.82, 2.24) is 24.9 Å². The molecule has 0 spiro atoms. The lowest BCUT2D eigenvalue weighted by molar-refractivity contribution is 0.180. The summed E-state index contributed by atoms with van der Waals surface area (Å²) < 4.78 is 29.5. The van der Waals surface area contributed by atoms with Crippen molar-refractivity contribution in [1.29, 1.82) is 0 Å². The molecule has 0 unspecified atom stereocenters. The fourth-order valence-corrected chi connectivity index (χ4v) is 4.46. The Hall–Kier alpha value is -1.84. The van der Waals surface area contributed by atoms with Gasteiger partial charge in [0, 0.05) is 12.6 Å². The van der Waals surface area contributed by atoms with Crippen LogP contribution in [0.15, 0.2) is 29.4 Å². The van der Waals surface area contributed by atoms with Crippen molar-refractivity contribution in [3.05, 3.63) is 30.1 Å². The van der Waals surface area contributed by atoms with Crippen molar-refractivity contribution in [2.75, 3.05) is 6.61 Å². The van der Waals surface area contributed by atoms with E-state index in [0.29, 0.717) is 5.92 Å². The van der Waals surface area contributed by atoms with Crippen molar-refractivity contribution in [2.24, 2.45) is 5.92 Å². The average Bonchev–Trinajstić information content (AvgIpc) is 3.09. The Morgan fingerprint density at radius 2 is 2.04 bits per heavy atom. The third-order valence-electron chi connectivity index (χ3n) is 4.50. The lowest BCUT2D eigenvalue weighted by Gasteiger charge is -2.27. The second-order valence-electron chi connectivity index (χ2n) is 6.22. The van der Waals surface area contributed by atoms with Gasteiger partial charge in [0.15, 0.2) is 0 Å². The van der Waals surface area contributed by atoms with E-state index >= 15 is 0 Å². The molecule has 0 saturated heterocycles. The number of hydrogen-bond donors (Lipinski definition) is 2. The first-order chi connectivity index (χ1) is 11.5. The molecule has 1 saturated carbocycles. The summed E-state index contributed by atoms with van der Waals surface area (Å²) in [4.78, 5) is 0.237. The summed E-state index contributed by atoms with van der Waals surface area (Å²) in [5.74, 6) is 0.295. The summed E-state index contributed by atoms with van der Waals surface area (Å²) in [6, 6.07) is 4.81. The van der Waals surface area contributed by atoms with Gasteiger partial charge in [-0.2, -0.15) is 0 Å². The van der Waals surface area contributed by atoms with Crippen LogP contribution in [0.25, 0.3) is 5.69 Å². The molecule has 1 aromatic carbocycles. The molecule has 130 valence electrons. The fraction of sp³-hybridized carbons (Fsp3) is 0.533. The molecule has 0 bridgehead atoms. The van der Waals surface area contributed by atoms with Gasteiger partial charge in [-0.05, 0) is 72.7 Å². The largest absolute Gasteiger partial charge is 0.396 e. The smallest absolute Gasteiger partial charge is 0.240 e. The molecule has 1 aliphatic rings. The molecule has 2 aromatic rings. The second kappa shape index (κ2) is 6.96. The summed E-state index contributed by atoms with van der Waals surface area (Å²) in [5.41, 5.74) is 1.51. The van der Waals surface area contributed by atoms with Gasteiger partial charge in [0.05, 0.1) is 10.6 Å². The molecule has 1 fully saturated rings. The third-order valence-corrected chi connectivity index (χ3v) is 6.02. The van der Waals surface area contributed by atoms with E-state index in [0.717, 1.165) is 36.9 Å². The summed E-state index contributed by atoms with van der Waals surface area (Å²) in [7, 11) is -3.57. The summed E-state index contributed by atoms with van der Waals surface area (Å²) in [6.07, 6.45) is 4.68. The Balaban J connectivity index is 1.74. The second-order valence-corrected chi connectivity index (χ2v) is 7.94. The molecular weight excluding hydrogens is 330 g/mol. The van der Waals surface area contributed by atoms with Crippen molar-refractivity contribution < 1.29 is 13.5 Å². The van der Waals surface area contributed by atoms with Gasteiger partial charge in [0.2, 0.25) is 10.0 Å². The first-order valence-electron chi connectivity index (χ1n) is 7.97. The zero-order valence-electron chi connectivity index (χ0n) is 13.5. The molecule has 0 radical (unpaired) electrons. The van der Waals surface area contributed by atoms with Crippen molar-refractivity contribution >= 4 is 10.0 Å². The molecule has 24 heavy (non-hydrogen) atoms. The Kier molecular flexibility index (Phi) is 4.93. The SMILES string of the molecule is Cc1cc(S(=O)(=O)NC2CCC(CO)CC2)ccc1-n1cnnn1. The number of nitrogens with zero attached hydrogens (tertiary/aromatic N) is 4.